The lowest BCUT2D eigenvalue weighted by atomic mass is 9.74. The fourth-order valence-corrected chi connectivity index (χ4v) is 2.53. The third kappa shape index (κ3) is 2.64. The van der Waals surface area contributed by atoms with Crippen molar-refractivity contribution < 1.29 is 13.5 Å². The van der Waals surface area contributed by atoms with Crippen LogP contribution in [0.15, 0.2) is 18.2 Å². The minimum atomic E-state index is -0.512. The van der Waals surface area contributed by atoms with Gasteiger partial charge in [-0.25, -0.2) is 8.78 Å². The van der Waals surface area contributed by atoms with Gasteiger partial charge in [-0.3, -0.25) is 0 Å². The summed E-state index contributed by atoms with van der Waals surface area (Å²) >= 11 is 0. The SMILES string of the molecule is CNCC1(c2cc(F)cc(F)c2)CCOCC1. The van der Waals surface area contributed by atoms with Crippen molar-refractivity contribution in [3.63, 3.8) is 0 Å². The molecule has 17 heavy (non-hydrogen) atoms. The van der Waals surface area contributed by atoms with Crippen molar-refractivity contribution in [2.45, 2.75) is 18.3 Å². The summed E-state index contributed by atoms with van der Waals surface area (Å²) in [5, 5.41) is 3.12. The van der Waals surface area contributed by atoms with Crippen LogP contribution in [0.4, 0.5) is 8.78 Å². The summed E-state index contributed by atoms with van der Waals surface area (Å²) in [7, 11) is 1.85. The van der Waals surface area contributed by atoms with Gasteiger partial charge in [0.15, 0.2) is 0 Å². The molecule has 2 rings (SSSR count). The highest BCUT2D eigenvalue weighted by Gasteiger charge is 2.34. The molecule has 0 amide bonds. The Kier molecular flexibility index (Phi) is 3.74. The third-order valence-electron chi connectivity index (χ3n) is 3.44. The highest BCUT2D eigenvalue weighted by Crippen LogP contribution is 2.34. The Labute approximate surface area is 100.0 Å². The highest BCUT2D eigenvalue weighted by atomic mass is 19.1. The minimum absolute atomic E-state index is 0.212. The Morgan fingerprint density at radius 1 is 1.18 bits per heavy atom. The molecule has 1 aliphatic heterocycles. The number of likely N-dealkylation sites (N-methyl/N-ethyl adjacent to an activating group) is 1. The van der Waals surface area contributed by atoms with Crippen LogP contribution < -0.4 is 5.32 Å². The van der Waals surface area contributed by atoms with Gasteiger partial charge in [-0.15, -0.1) is 0 Å². The van der Waals surface area contributed by atoms with E-state index in [9.17, 15) is 8.78 Å². The van der Waals surface area contributed by atoms with E-state index in [1.165, 1.54) is 12.1 Å². The zero-order valence-electron chi connectivity index (χ0n) is 9.93. The van der Waals surface area contributed by atoms with E-state index >= 15 is 0 Å². The average molecular weight is 241 g/mol. The number of halogens is 2. The lowest BCUT2D eigenvalue weighted by molar-refractivity contribution is 0.0503. The Balaban J connectivity index is 2.37. The maximum absolute atomic E-state index is 13.3. The van der Waals surface area contributed by atoms with Crippen LogP contribution in [0.1, 0.15) is 18.4 Å². The second kappa shape index (κ2) is 5.10. The fourth-order valence-electron chi connectivity index (χ4n) is 2.53. The van der Waals surface area contributed by atoms with Crippen molar-refractivity contribution >= 4 is 0 Å². The molecule has 1 heterocycles. The minimum Gasteiger partial charge on any atom is -0.381 e. The molecule has 1 N–H and O–H groups in total. The predicted molar refractivity (Wildman–Crippen MR) is 62.0 cm³/mol. The number of hydrogen-bond donors (Lipinski definition) is 1. The quantitative estimate of drug-likeness (QED) is 0.876. The zero-order valence-corrected chi connectivity index (χ0v) is 9.93. The molecule has 0 aromatic heterocycles. The third-order valence-corrected chi connectivity index (χ3v) is 3.44. The van der Waals surface area contributed by atoms with Crippen LogP contribution >= 0.6 is 0 Å². The first-order valence-corrected chi connectivity index (χ1v) is 5.85. The second-order valence-electron chi connectivity index (χ2n) is 4.58. The molecule has 1 fully saturated rings. The zero-order chi connectivity index (χ0) is 12.3. The van der Waals surface area contributed by atoms with Crippen molar-refractivity contribution in [1.29, 1.82) is 0 Å². The van der Waals surface area contributed by atoms with E-state index in [4.69, 9.17) is 4.74 Å². The van der Waals surface area contributed by atoms with E-state index in [1.54, 1.807) is 0 Å². The summed E-state index contributed by atoms with van der Waals surface area (Å²) in [5.74, 6) is -1.02. The smallest absolute Gasteiger partial charge is 0.126 e. The molecule has 0 spiro atoms. The predicted octanol–water partition coefficient (Wildman–Crippen LogP) is 2.23. The average Bonchev–Trinajstić information content (AvgIpc) is 2.29. The molecule has 0 atom stereocenters. The number of benzene rings is 1. The van der Waals surface area contributed by atoms with Crippen LogP contribution in [0.25, 0.3) is 0 Å². The summed E-state index contributed by atoms with van der Waals surface area (Å²) in [4.78, 5) is 0. The van der Waals surface area contributed by atoms with Gasteiger partial charge in [0.2, 0.25) is 0 Å². The van der Waals surface area contributed by atoms with E-state index in [0.29, 0.717) is 19.8 Å². The molecular weight excluding hydrogens is 224 g/mol. The largest absolute Gasteiger partial charge is 0.381 e. The summed E-state index contributed by atoms with van der Waals surface area (Å²) < 4.78 is 31.9. The molecule has 1 aromatic rings. The summed E-state index contributed by atoms with van der Waals surface area (Å²) in [6, 6.07) is 3.79. The van der Waals surface area contributed by atoms with Crippen molar-refractivity contribution in [3.05, 3.63) is 35.4 Å². The van der Waals surface area contributed by atoms with Crippen LogP contribution in [0.3, 0.4) is 0 Å². The van der Waals surface area contributed by atoms with Crippen LogP contribution in [0.5, 0.6) is 0 Å². The van der Waals surface area contributed by atoms with Gasteiger partial charge in [0.05, 0.1) is 0 Å². The molecule has 0 radical (unpaired) electrons. The van der Waals surface area contributed by atoms with Crippen LogP contribution in [0, 0.1) is 11.6 Å². The molecule has 94 valence electrons. The first-order valence-electron chi connectivity index (χ1n) is 5.85. The lowest BCUT2D eigenvalue weighted by Crippen LogP contribution is -2.42. The molecular formula is C13H17F2NO. The fraction of sp³-hybridized carbons (Fsp3) is 0.538. The molecule has 1 saturated heterocycles. The van der Waals surface area contributed by atoms with E-state index in [2.05, 4.69) is 5.32 Å². The van der Waals surface area contributed by atoms with E-state index in [1.807, 2.05) is 7.05 Å². The number of hydrogen-bond acceptors (Lipinski definition) is 2. The second-order valence-corrected chi connectivity index (χ2v) is 4.58. The summed E-state index contributed by atoms with van der Waals surface area (Å²) in [6.07, 6.45) is 1.58. The van der Waals surface area contributed by atoms with Gasteiger partial charge >= 0.3 is 0 Å². The first kappa shape index (κ1) is 12.5. The van der Waals surface area contributed by atoms with E-state index in [0.717, 1.165) is 24.5 Å². The van der Waals surface area contributed by atoms with Gasteiger partial charge in [0.25, 0.3) is 0 Å². The molecule has 4 heteroatoms. The monoisotopic (exact) mass is 241 g/mol. The van der Waals surface area contributed by atoms with Crippen LogP contribution in [0.2, 0.25) is 0 Å². The molecule has 1 aromatic carbocycles. The number of nitrogens with one attached hydrogen (secondary N) is 1. The standard InChI is InChI=1S/C13H17F2NO/c1-16-9-13(2-4-17-5-3-13)10-6-11(14)8-12(15)7-10/h6-8,16H,2-5,9H2,1H3. The normalized spacial score (nSPS) is 19.2. The van der Waals surface area contributed by atoms with Crippen LogP contribution in [-0.2, 0) is 10.2 Å². The van der Waals surface area contributed by atoms with Crippen molar-refractivity contribution in [3.8, 4) is 0 Å². The summed E-state index contributed by atoms with van der Waals surface area (Å²) in [5.41, 5.74) is 0.517. The molecule has 0 unspecified atom stereocenters. The van der Waals surface area contributed by atoms with Crippen LogP contribution in [-0.4, -0.2) is 26.8 Å². The molecule has 1 aliphatic rings. The first-order chi connectivity index (χ1) is 8.16. The van der Waals surface area contributed by atoms with E-state index in [-0.39, 0.29) is 5.41 Å². The Morgan fingerprint density at radius 2 is 1.76 bits per heavy atom. The van der Waals surface area contributed by atoms with Gasteiger partial charge in [-0.05, 0) is 37.6 Å². The molecule has 0 saturated carbocycles. The topological polar surface area (TPSA) is 21.3 Å². The van der Waals surface area contributed by atoms with Gasteiger partial charge in [0, 0.05) is 31.2 Å². The number of ether oxygens (including phenoxy) is 1. The van der Waals surface area contributed by atoms with Crippen molar-refractivity contribution in [2.75, 3.05) is 26.8 Å². The van der Waals surface area contributed by atoms with Crippen molar-refractivity contribution in [1.82, 2.24) is 5.32 Å². The Morgan fingerprint density at radius 3 is 2.29 bits per heavy atom. The van der Waals surface area contributed by atoms with E-state index < -0.39 is 11.6 Å². The molecule has 2 nitrogen and oxygen atoms in total. The highest BCUT2D eigenvalue weighted by molar-refractivity contribution is 5.28. The Hall–Kier alpha value is -1.00. The van der Waals surface area contributed by atoms with Gasteiger partial charge < -0.3 is 10.1 Å². The molecule has 0 aliphatic carbocycles. The van der Waals surface area contributed by atoms with Crippen molar-refractivity contribution in [2.24, 2.45) is 0 Å². The number of rotatable bonds is 3. The lowest BCUT2D eigenvalue weighted by Gasteiger charge is -2.37. The maximum Gasteiger partial charge on any atom is 0.126 e. The maximum atomic E-state index is 13.3. The molecule has 0 bridgehead atoms. The van der Waals surface area contributed by atoms with Gasteiger partial charge in [-0.1, -0.05) is 0 Å². The van der Waals surface area contributed by atoms with Gasteiger partial charge in [-0.2, -0.15) is 0 Å². The summed E-state index contributed by atoms with van der Waals surface area (Å²) in [6.45, 7) is 1.98. The Bertz CT molecular complexity index is 363. The van der Waals surface area contributed by atoms with Gasteiger partial charge in [0.1, 0.15) is 11.6 Å².